The second-order valence-corrected chi connectivity index (χ2v) is 4.96. The molecule has 0 saturated carbocycles. The summed E-state index contributed by atoms with van der Waals surface area (Å²) >= 11 is 3.22. The molecule has 0 unspecified atom stereocenters. The summed E-state index contributed by atoms with van der Waals surface area (Å²) in [6.45, 7) is 3.67. The first kappa shape index (κ1) is 10.3. The van der Waals surface area contributed by atoms with Crippen molar-refractivity contribution in [3.05, 3.63) is 37.2 Å². The molecule has 0 aliphatic heterocycles. The molecule has 2 aromatic heterocycles. The number of thioether (sulfide) groups is 1. The Morgan fingerprint density at radius 2 is 2.40 bits per heavy atom. The Bertz CT molecular complexity index is 439. The van der Waals surface area contributed by atoms with E-state index in [1.807, 2.05) is 18.2 Å². The van der Waals surface area contributed by atoms with E-state index >= 15 is 0 Å². The molecule has 2 aromatic rings. The lowest BCUT2D eigenvalue weighted by atomic mass is 10.3. The van der Waals surface area contributed by atoms with Crippen molar-refractivity contribution in [1.29, 1.82) is 0 Å². The topological polar surface area (TPSA) is 38.7 Å². The lowest BCUT2D eigenvalue weighted by Crippen LogP contribution is -1.77. The maximum absolute atomic E-state index is 4.11. The minimum Gasteiger partial charge on any atom is -0.264 e. The number of hydrogen-bond donors (Lipinski definition) is 0. The zero-order chi connectivity index (χ0) is 10.5. The fourth-order valence-electron chi connectivity index (χ4n) is 1.00. The molecule has 15 heavy (non-hydrogen) atoms. The van der Waals surface area contributed by atoms with E-state index in [9.17, 15) is 0 Å². The van der Waals surface area contributed by atoms with Gasteiger partial charge in [0.15, 0.2) is 4.34 Å². The van der Waals surface area contributed by atoms with E-state index in [2.05, 4.69) is 21.8 Å². The van der Waals surface area contributed by atoms with E-state index in [0.29, 0.717) is 0 Å². The fraction of sp³-hybridized carbons (Fsp3) is 0.100. The van der Waals surface area contributed by atoms with Gasteiger partial charge in [-0.3, -0.25) is 4.98 Å². The Balaban J connectivity index is 2.17. The smallest absolute Gasteiger partial charge is 0.174 e. The molecule has 2 heterocycles. The van der Waals surface area contributed by atoms with E-state index in [1.54, 1.807) is 35.5 Å². The van der Waals surface area contributed by atoms with E-state index in [-0.39, 0.29) is 0 Å². The highest BCUT2D eigenvalue weighted by Gasteiger charge is 2.05. The Labute approximate surface area is 96.3 Å². The summed E-state index contributed by atoms with van der Waals surface area (Å²) < 4.78 is 0.966. The van der Waals surface area contributed by atoms with Crippen molar-refractivity contribution in [3.63, 3.8) is 0 Å². The minimum atomic E-state index is 0.863. The largest absolute Gasteiger partial charge is 0.264 e. The van der Waals surface area contributed by atoms with Crippen LogP contribution in [0.2, 0.25) is 0 Å². The molecule has 0 saturated heterocycles. The first-order valence-electron chi connectivity index (χ1n) is 4.38. The SMILES string of the molecule is C=CCSc1nnc(-c2cccnc2)s1. The first-order valence-corrected chi connectivity index (χ1v) is 6.18. The molecule has 5 heteroatoms. The highest BCUT2D eigenvalue weighted by atomic mass is 32.2. The van der Waals surface area contributed by atoms with Crippen LogP contribution in [0.4, 0.5) is 0 Å². The highest BCUT2D eigenvalue weighted by Crippen LogP contribution is 2.28. The maximum Gasteiger partial charge on any atom is 0.174 e. The van der Waals surface area contributed by atoms with Gasteiger partial charge in [0.25, 0.3) is 0 Å². The molecule has 2 rings (SSSR count). The Morgan fingerprint density at radius 3 is 3.13 bits per heavy atom. The van der Waals surface area contributed by atoms with E-state index < -0.39 is 0 Å². The molecule has 0 aliphatic carbocycles. The molecule has 0 aliphatic rings. The summed E-state index contributed by atoms with van der Waals surface area (Å²) in [6, 6.07) is 3.88. The molecule has 0 atom stereocenters. The standard InChI is InChI=1S/C10H9N3S2/c1-2-6-14-10-13-12-9(15-10)8-4-3-5-11-7-8/h2-5,7H,1,6H2. The van der Waals surface area contributed by atoms with Crippen molar-refractivity contribution < 1.29 is 0 Å². The summed E-state index contributed by atoms with van der Waals surface area (Å²) in [6.07, 6.45) is 5.40. The Kier molecular flexibility index (Phi) is 3.47. The highest BCUT2D eigenvalue weighted by molar-refractivity contribution is 8.01. The third kappa shape index (κ3) is 2.64. The zero-order valence-corrected chi connectivity index (χ0v) is 9.59. The number of pyridine rings is 1. The van der Waals surface area contributed by atoms with Crippen molar-refractivity contribution in [3.8, 4) is 10.6 Å². The Hall–Kier alpha value is -1.20. The quantitative estimate of drug-likeness (QED) is 0.603. The van der Waals surface area contributed by atoms with E-state index in [4.69, 9.17) is 0 Å². The van der Waals surface area contributed by atoms with Crippen LogP contribution in [-0.2, 0) is 0 Å². The second kappa shape index (κ2) is 5.04. The van der Waals surface area contributed by atoms with Gasteiger partial charge in [-0.1, -0.05) is 29.2 Å². The number of hydrogen-bond acceptors (Lipinski definition) is 5. The van der Waals surface area contributed by atoms with Gasteiger partial charge >= 0.3 is 0 Å². The van der Waals surface area contributed by atoms with Crippen LogP contribution >= 0.6 is 23.1 Å². The van der Waals surface area contributed by atoms with Crippen molar-refractivity contribution in [1.82, 2.24) is 15.2 Å². The predicted molar refractivity (Wildman–Crippen MR) is 64.1 cm³/mol. The predicted octanol–water partition coefficient (Wildman–Crippen LogP) is 2.88. The van der Waals surface area contributed by atoms with Crippen LogP contribution in [0.25, 0.3) is 10.6 Å². The average molecular weight is 235 g/mol. The fourth-order valence-corrected chi connectivity index (χ4v) is 2.61. The summed E-state index contributed by atoms with van der Waals surface area (Å²) in [5.41, 5.74) is 1.01. The molecule has 76 valence electrons. The van der Waals surface area contributed by atoms with Crippen LogP contribution in [0.3, 0.4) is 0 Å². The van der Waals surface area contributed by atoms with E-state index in [0.717, 1.165) is 20.7 Å². The molecule has 0 N–H and O–H groups in total. The van der Waals surface area contributed by atoms with Crippen LogP contribution in [0, 0.1) is 0 Å². The number of aromatic nitrogens is 3. The number of rotatable bonds is 4. The minimum absolute atomic E-state index is 0.863. The number of nitrogens with zero attached hydrogens (tertiary/aromatic N) is 3. The monoisotopic (exact) mass is 235 g/mol. The third-order valence-corrected chi connectivity index (χ3v) is 3.74. The first-order chi connectivity index (χ1) is 7.40. The van der Waals surface area contributed by atoms with Crippen LogP contribution < -0.4 is 0 Å². The molecule has 0 spiro atoms. The molecule has 0 radical (unpaired) electrons. The molecule has 0 bridgehead atoms. The molecule has 0 fully saturated rings. The summed E-state index contributed by atoms with van der Waals surface area (Å²) in [4.78, 5) is 4.05. The summed E-state index contributed by atoms with van der Waals surface area (Å²) in [5.74, 6) is 0.863. The normalized spacial score (nSPS) is 10.1. The van der Waals surface area contributed by atoms with Gasteiger partial charge < -0.3 is 0 Å². The van der Waals surface area contributed by atoms with Gasteiger partial charge in [0.1, 0.15) is 5.01 Å². The molecule has 0 amide bonds. The van der Waals surface area contributed by atoms with Crippen LogP contribution in [0.5, 0.6) is 0 Å². The molecular formula is C10H9N3S2. The van der Waals surface area contributed by atoms with Gasteiger partial charge in [-0.05, 0) is 12.1 Å². The second-order valence-electron chi connectivity index (χ2n) is 2.71. The third-order valence-electron chi connectivity index (χ3n) is 1.64. The van der Waals surface area contributed by atoms with Crippen molar-refractivity contribution in [2.24, 2.45) is 0 Å². The van der Waals surface area contributed by atoms with Gasteiger partial charge in [-0.15, -0.1) is 16.8 Å². The van der Waals surface area contributed by atoms with Crippen molar-refractivity contribution >= 4 is 23.1 Å². The zero-order valence-electron chi connectivity index (χ0n) is 7.96. The van der Waals surface area contributed by atoms with Gasteiger partial charge in [0, 0.05) is 23.7 Å². The van der Waals surface area contributed by atoms with E-state index in [1.165, 1.54) is 0 Å². The van der Waals surface area contributed by atoms with Crippen molar-refractivity contribution in [2.75, 3.05) is 5.75 Å². The van der Waals surface area contributed by atoms with Gasteiger partial charge in [-0.2, -0.15) is 0 Å². The lowest BCUT2D eigenvalue weighted by Gasteiger charge is -1.90. The summed E-state index contributed by atoms with van der Waals surface area (Å²) in [5, 5.41) is 9.11. The molecule has 0 aromatic carbocycles. The average Bonchev–Trinajstić information content (AvgIpc) is 2.76. The Morgan fingerprint density at radius 1 is 1.47 bits per heavy atom. The van der Waals surface area contributed by atoms with Gasteiger partial charge in [0.2, 0.25) is 0 Å². The van der Waals surface area contributed by atoms with Crippen LogP contribution in [0.1, 0.15) is 0 Å². The molecule has 3 nitrogen and oxygen atoms in total. The van der Waals surface area contributed by atoms with Gasteiger partial charge in [-0.25, -0.2) is 0 Å². The lowest BCUT2D eigenvalue weighted by molar-refractivity contribution is 1.01. The van der Waals surface area contributed by atoms with Crippen LogP contribution in [-0.4, -0.2) is 20.9 Å². The van der Waals surface area contributed by atoms with Gasteiger partial charge in [0.05, 0.1) is 0 Å². The van der Waals surface area contributed by atoms with Crippen molar-refractivity contribution in [2.45, 2.75) is 4.34 Å². The summed E-state index contributed by atoms with van der Waals surface area (Å²) in [7, 11) is 0. The van der Waals surface area contributed by atoms with Crippen LogP contribution in [0.15, 0.2) is 41.5 Å². The molecular weight excluding hydrogens is 226 g/mol. The maximum atomic E-state index is 4.11.